The van der Waals surface area contributed by atoms with Crippen molar-refractivity contribution in [1.29, 1.82) is 0 Å². The van der Waals surface area contributed by atoms with Crippen LogP contribution < -0.4 is 10.6 Å². The summed E-state index contributed by atoms with van der Waals surface area (Å²) in [6.45, 7) is 5.66. The highest BCUT2D eigenvalue weighted by Gasteiger charge is 2.26. The SMILES string of the molecule is CCn1ncc2c1CCC[C@H]2N[C@@H](C)C(=O)NCCc1cccs1. The smallest absolute Gasteiger partial charge is 0.236 e. The van der Waals surface area contributed by atoms with Crippen molar-refractivity contribution in [1.82, 2.24) is 20.4 Å². The molecule has 0 saturated carbocycles. The molecule has 1 aliphatic rings. The highest BCUT2D eigenvalue weighted by Crippen LogP contribution is 2.29. The van der Waals surface area contributed by atoms with Crippen molar-refractivity contribution < 1.29 is 4.79 Å². The van der Waals surface area contributed by atoms with Crippen LogP contribution >= 0.6 is 11.3 Å². The number of hydrogen-bond acceptors (Lipinski definition) is 4. The molecule has 0 fully saturated rings. The van der Waals surface area contributed by atoms with Crippen LogP contribution in [0.1, 0.15) is 48.9 Å². The van der Waals surface area contributed by atoms with Gasteiger partial charge in [-0.1, -0.05) is 6.07 Å². The van der Waals surface area contributed by atoms with Crippen molar-refractivity contribution in [3.63, 3.8) is 0 Å². The lowest BCUT2D eigenvalue weighted by atomic mass is 9.92. The van der Waals surface area contributed by atoms with Gasteiger partial charge in [0.2, 0.25) is 5.91 Å². The van der Waals surface area contributed by atoms with Gasteiger partial charge in [-0.15, -0.1) is 11.3 Å². The largest absolute Gasteiger partial charge is 0.354 e. The lowest BCUT2D eigenvalue weighted by Crippen LogP contribution is -2.44. The molecular weight excluding hydrogens is 320 g/mol. The number of amides is 1. The number of aromatic nitrogens is 2. The number of carbonyl (C=O) groups excluding carboxylic acids is 1. The number of thiophene rings is 1. The molecule has 2 aromatic heterocycles. The molecule has 0 saturated heterocycles. The minimum Gasteiger partial charge on any atom is -0.354 e. The number of aryl methyl sites for hydroxylation is 1. The number of nitrogens with one attached hydrogen (secondary N) is 2. The lowest BCUT2D eigenvalue weighted by molar-refractivity contribution is -0.122. The molecule has 1 amide bonds. The maximum absolute atomic E-state index is 12.3. The normalized spacial score (nSPS) is 18.2. The second-order valence-electron chi connectivity index (χ2n) is 6.32. The monoisotopic (exact) mass is 346 g/mol. The molecule has 130 valence electrons. The van der Waals surface area contributed by atoms with Gasteiger partial charge in [-0.2, -0.15) is 5.10 Å². The maximum Gasteiger partial charge on any atom is 0.236 e. The van der Waals surface area contributed by atoms with Gasteiger partial charge in [-0.25, -0.2) is 0 Å². The Morgan fingerprint density at radius 2 is 2.42 bits per heavy atom. The average Bonchev–Trinajstić information content (AvgIpc) is 3.24. The van der Waals surface area contributed by atoms with Gasteiger partial charge in [0, 0.05) is 35.3 Å². The minimum absolute atomic E-state index is 0.0709. The van der Waals surface area contributed by atoms with E-state index < -0.39 is 0 Å². The molecule has 3 rings (SSSR count). The van der Waals surface area contributed by atoms with E-state index in [0.29, 0.717) is 6.54 Å². The summed E-state index contributed by atoms with van der Waals surface area (Å²) in [5, 5.41) is 13.1. The zero-order valence-electron chi connectivity index (χ0n) is 14.4. The van der Waals surface area contributed by atoms with Gasteiger partial charge in [0.05, 0.1) is 12.2 Å². The van der Waals surface area contributed by atoms with Crippen LogP contribution in [0.2, 0.25) is 0 Å². The predicted octanol–water partition coefficient (Wildman–Crippen LogP) is 2.68. The maximum atomic E-state index is 12.3. The molecule has 6 heteroatoms. The Balaban J connectivity index is 1.52. The van der Waals surface area contributed by atoms with Crippen LogP contribution in [0.5, 0.6) is 0 Å². The number of rotatable bonds is 7. The molecule has 0 aromatic carbocycles. The Morgan fingerprint density at radius 1 is 1.54 bits per heavy atom. The average molecular weight is 347 g/mol. The third-order valence-corrected chi connectivity index (χ3v) is 5.59. The summed E-state index contributed by atoms with van der Waals surface area (Å²) < 4.78 is 2.08. The van der Waals surface area contributed by atoms with Crippen molar-refractivity contribution in [2.45, 2.75) is 58.2 Å². The fourth-order valence-electron chi connectivity index (χ4n) is 3.36. The zero-order valence-corrected chi connectivity index (χ0v) is 15.2. The van der Waals surface area contributed by atoms with Crippen molar-refractivity contribution >= 4 is 17.2 Å². The van der Waals surface area contributed by atoms with Crippen molar-refractivity contribution in [3.8, 4) is 0 Å². The van der Waals surface area contributed by atoms with Crippen LogP contribution in [0, 0.1) is 0 Å². The fraction of sp³-hybridized carbons (Fsp3) is 0.556. The van der Waals surface area contributed by atoms with Crippen LogP contribution in [0.25, 0.3) is 0 Å². The van der Waals surface area contributed by atoms with E-state index in [1.165, 1.54) is 16.1 Å². The second-order valence-corrected chi connectivity index (χ2v) is 7.35. The van der Waals surface area contributed by atoms with Gasteiger partial charge in [0.25, 0.3) is 0 Å². The minimum atomic E-state index is -0.200. The first-order valence-electron chi connectivity index (χ1n) is 8.79. The first-order chi connectivity index (χ1) is 11.7. The molecule has 24 heavy (non-hydrogen) atoms. The molecule has 5 nitrogen and oxygen atoms in total. The standard InChI is InChI=1S/C18H26N4OS/c1-3-22-17-8-4-7-16(15(17)12-20-22)21-13(2)18(23)19-10-9-14-6-5-11-24-14/h5-6,11-13,16,21H,3-4,7-10H2,1-2H3,(H,19,23)/t13-,16+/m0/s1. The summed E-state index contributed by atoms with van der Waals surface area (Å²) in [5.74, 6) is 0.0709. The fourth-order valence-corrected chi connectivity index (χ4v) is 4.07. The quantitative estimate of drug-likeness (QED) is 0.810. The van der Waals surface area contributed by atoms with Crippen LogP contribution in [0.3, 0.4) is 0 Å². The molecule has 2 atom stereocenters. The number of nitrogens with zero attached hydrogens (tertiary/aromatic N) is 2. The first-order valence-corrected chi connectivity index (χ1v) is 9.67. The van der Waals surface area contributed by atoms with Crippen LogP contribution in [-0.2, 0) is 24.2 Å². The Labute approximate surface area is 147 Å². The molecule has 1 aliphatic carbocycles. The zero-order chi connectivity index (χ0) is 16.9. The molecular formula is C18H26N4OS. The number of fused-ring (bicyclic) bond motifs is 1. The summed E-state index contributed by atoms with van der Waals surface area (Å²) >= 11 is 1.73. The summed E-state index contributed by atoms with van der Waals surface area (Å²) in [4.78, 5) is 13.6. The summed E-state index contributed by atoms with van der Waals surface area (Å²) in [5.41, 5.74) is 2.59. The van der Waals surface area contributed by atoms with Gasteiger partial charge >= 0.3 is 0 Å². The lowest BCUT2D eigenvalue weighted by Gasteiger charge is -2.27. The molecule has 2 aromatic rings. The van der Waals surface area contributed by atoms with E-state index in [2.05, 4.69) is 38.8 Å². The van der Waals surface area contributed by atoms with Crippen LogP contribution in [0.15, 0.2) is 23.7 Å². The van der Waals surface area contributed by atoms with Gasteiger partial charge in [0.15, 0.2) is 0 Å². The molecule has 0 radical (unpaired) electrons. The Morgan fingerprint density at radius 3 is 3.17 bits per heavy atom. The van der Waals surface area contributed by atoms with Gasteiger partial charge in [-0.05, 0) is 51.0 Å². The van der Waals surface area contributed by atoms with E-state index in [9.17, 15) is 4.79 Å². The number of carbonyl (C=O) groups is 1. The predicted molar refractivity (Wildman–Crippen MR) is 97.2 cm³/mol. The summed E-state index contributed by atoms with van der Waals surface area (Å²) in [6, 6.07) is 4.18. The van der Waals surface area contributed by atoms with Gasteiger partial charge < -0.3 is 5.32 Å². The Kier molecular flexibility index (Phi) is 5.68. The van der Waals surface area contributed by atoms with E-state index in [4.69, 9.17) is 0 Å². The van der Waals surface area contributed by atoms with Gasteiger partial charge in [0.1, 0.15) is 0 Å². The molecule has 0 spiro atoms. The topological polar surface area (TPSA) is 59.0 Å². The summed E-state index contributed by atoms with van der Waals surface area (Å²) in [7, 11) is 0. The number of hydrogen-bond donors (Lipinski definition) is 2. The van der Waals surface area contributed by atoms with E-state index in [0.717, 1.165) is 32.2 Å². The third-order valence-electron chi connectivity index (χ3n) is 4.66. The third kappa shape index (κ3) is 3.87. The first kappa shape index (κ1) is 17.2. The highest BCUT2D eigenvalue weighted by molar-refractivity contribution is 7.09. The Bertz CT molecular complexity index is 665. The van der Waals surface area contributed by atoms with E-state index in [1.807, 2.05) is 19.2 Å². The summed E-state index contributed by atoms with van der Waals surface area (Å²) in [6.07, 6.45) is 6.16. The highest BCUT2D eigenvalue weighted by atomic mass is 32.1. The molecule has 0 unspecified atom stereocenters. The van der Waals surface area contributed by atoms with Crippen molar-refractivity contribution in [3.05, 3.63) is 39.8 Å². The second kappa shape index (κ2) is 7.94. The van der Waals surface area contributed by atoms with Crippen molar-refractivity contribution in [2.24, 2.45) is 0 Å². The van der Waals surface area contributed by atoms with E-state index >= 15 is 0 Å². The van der Waals surface area contributed by atoms with E-state index in [1.54, 1.807) is 11.3 Å². The molecule has 0 aliphatic heterocycles. The molecule has 2 heterocycles. The van der Waals surface area contributed by atoms with E-state index in [-0.39, 0.29) is 18.0 Å². The van der Waals surface area contributed by atoms with Crippen molar-refractivity contribution in [2.75, 3.05) is 6.54 Å². The molecule has 2 N–H and O–H groups in total. The van der Waals surface area contributed by atoms with Gasteiger partial charge in [-0.3, -0.25) is 14.8 Å². The van der Waals surface area contributed by atoms with Crippen LogP contribution in [-0.4, -0.2) is 28.3 Å². The Hall–Kier alpha value is -1.66. The molecule has 0 bridgehead atoms. The van der Waals surface area contributed by atoms with Crippen LogP contribution in [0.4, 0.5) is 0 Å².